The van der Waals surface area contributed by atoms with E-state index in [0.29, 0.717) is 31.3 Å². The minimum absolute atomic E-state index is 0.137. The zero-order valence-electron chi connectivity index (χ0n) is 11.3. The number of amides is 1. The summed E-state index contributed by atoms with van der Waals surface area (Å²) in [5.74, 6) is 0.831. The van der Waals surface area contributed by atoms with Crippen LogP contribution in [0, 0.1) is 0 Å². The molecule has 1 N–H and O–H groups in total. The molecule has 1 aliphatic heterocycles. The molecular weight excluding hydrogens is 250 g/mol. The highest BCUT2D eigenvalue weighted by molar-refractivity contribution is 5.84. The van der Waals surface area contributed by atoms with Crippen molar-refractivity contribution in [3.63, 3.8) is 0 Å². The number of nitrogens with zero attached hydrogens (tertiary/aromatic N) is 2. The molecule has 7 nitrogen and oxygen atoms in total. The van der Waals surface area contributed by atoms with Crippen LogP contribution in [0.25, 0.3) is 0 Å². The van der Waals surface area contributed by atoms with Crippen LogP contribution in [0.4, 0.5) is 0 Å². The maximum absolute atomic E-state index is 12.0. The van der Waals surface area contributed by atoms with E-state index in [1.54, 1.807) is 14.0 Å². The molecule has 1 amide bonds. The summed E-state index contributed by atoms with van der Waals surface area (Å²) in [5.41, 5.74) is -0.723. The number of aromatic nitrogens is 2. The Labute approximate surface area is 111 Å². The fourth-order valence-electron chi connectivity index (χ4n) is 1.96. The van der Waals surface area contributed by atoms with Crippen molar-refractivity contribution in [1.82, 2.24) is 15.5 Å². The Kier molecular flexibility index (Phi) is 4.49. The Balaban J connectivity index is 1.81. The molecule has 1 atom stereocenters. The monoisotopic (exact) mass is 269 g/mol. The Morgan fingerprint density at radius 1 is 1.58 bits per heavy atom. The van der Waals surface area contributed by atoms with Crippen molar-refractivity contribution in [2.45, 2.75) is 38.3 Å². The maximum Gasteiger partial charge on any atom is 0.252 e. The zero-order valence-corrected chi connectivity index (χ0v) is 11.3. The van der Waals surface area contributed by atoms with Gasteiger partial charge in [-0.3, -0.25) is 4.79 Å². The van der Waals surface area contributed by atoms with Crippen molar-refractivity contribution in [1.29, 1.82) is 0 Å². The quantitative estimate of drug-likeness (QED) is 0.806. The first-order valence-corrected chi connectivity index (χ1v) is 6.37. The molecule has 1 unspecified atom stereocenters. The van der Waals surface area contributed by atoms with Gasteiger partial charge in [-0.25, -0.2) is 0 Å². The number of nitrogens with one attached hydrogen (secondary N) is 1. The average molecular weight is 269 g/mol. The van der Waals surface area contributed by atoms with Gasteiger partial charge in [-0.2, -0.15) is 4.98 Å². The largest absolute Gasteiger partial charge is 0.384 e. The molecule has 0 saturated carbocycles. The third-order valence-electron chi connectivity index (χ3n) is 3.14. The SMILES string of the molecule is COCCc1noc(CNC(=O)C2(C)CCCO2)n1. The molecule has 19 heavy (non-hydrogen) atoms. The van der Waals surface area contributed by atoms with E-state index >= 15 is 0 Å². The summed E-state index contributed by atoms with van der Waals surface area (Å²) in [6.45, 7) is 3.19. The van der Waals surface area contributed by atoms with Gasteiger partial charge in [0.1, 0.15) is 5.60 Å². The number of methoxy groups -OCH3 is 1. The van der Waals surface area contributed by atoms with Gasteiger partial charge < -0.3 is 19.3 Å². The maximum atomic E-state index is 12.0. The van der Waals surface area contributed by atoms with Crippen molar-refractivity contribution in [3.8, 4) is 0 Å². The Morgan fingerprint density at radius 3 is 3.11 bits per heavy atom. The smallest absolute Gasteiger partial charge is 0.252 e. The van der Waals surface area contributed by atoms with Gasteiger partial charge in [-0.15, -0.1) is 0 Å². The summed E-state index contributed by atoms with van der Waals surface area (Å²) in [7, 11) is 1.61. The molecule has 106 valence electrons. The minimum Gasteiger partial charge on any atom is -0.384 e. The second-order valence-corrected chi connectivity index (χ2v) is 4.71. The van der Waals surface area contributed by atoms with E-state index in [-0.39, 0.29) is 12.5 Å². The van der Waals surface area contributed by atoms with Gasteiger partial charge in [0.25, 0.3) is 5.91 Å². The van der Waals surface area contributed by atoms with Crippen LogP contribution in [0.3, 0.4) is 0 Å². The van der Waals surface area contributed by atoms with Gasteiger partial charge in [-0.1, -0.05) is 5.16 Å². The number of carbonyl (C=O) groups excluding carboxylic acids is 1. The lowest BCUT2D eigenvalue weighted by Crippen LogP contribution is -2.43. The Hall–Kier alpha value is -1.47. The highest BCUT2D eigenvalue weighted by atomic mass is 16.5. The second-order valence-electron chi connectivity index (χ2n) is 4.71. The zero-order chi connectivity index (χ0) is 13.7. The first kappa shape index (κ1) is 14.0. The lowest BCUT2D eigenvalue weighted by molar-refractivity contribution is -0.139. The molecule has 0 aromatic carbocycles. The van der Waals surface area contributed by atoms with Gasteiger partial charge in [0, 0.05) is 20.1 Å². The van der Waals surface area contributed by atoms with E-state index < -0.39 is 5.60 Å². The van der Waals surface area contributed by atoms with Gasteiger partial charge >= 0.3 is 0 Å². The molecule has 0 radical (unpaired) electrons. The fourth-order valence-corrected chi connectivity index (χ4v) is 1.96. The van der Waals surface area contributed by atoms with Crippen molar-refractivity contribution in [2.75, 3.05) is 20.3 Å². The predicted molar refractivity (Wildman–Crippen MR) is 65.3 cm³/mol. The molecule has 0 spiro atoms. The van der Waals surface area contributed by atoms with Crippen LogP contribution in [-0.4, -0.2) is 42.0 Å². The van der Waals surface area contributed by atoms with E-state index in [1.165, 1.54) is 0 Å². The molecule has 0 aliphatic carbocycles. The predicted octanol–water partition coefficient (Wildman–Crippen LogP) is 0.444. The molecule has 1 saturated heterocycles. The molecule has 1 fully saturated rings. The highest BCUT2D eigenvalue weighted by Gasteiger charge is 2.37. The molecule has 7 heteroatoms. The third kappa shape index (κ3) is 3.51. The van der Waals surface area contributed by atoms with Crippen molar-refractivity contribution < 1.29 is 18.8 Å². The standard InChI is InChI=1S/C12H19N3O4/c1-12(5-3-6-18-12)11(16)13-8-10-14-9(15-19-10)4-7-17-2/h3-8H2,1-2H3,(H,13,16). The summed E-state index contributed by atoms with van der Waals surface area (Å²) in [6, 6.07) is 0. The highest BCUT2D eigenvalue weighted by Crippen LogP contribution is 2.24. The number of ether oxygens (including phenoxy) is 2. The summed E-state index contributed by atoms with van der Waals surface area (Å²) < 4.78 is 15.4. The molecule has 0 bridgehead atoms. The van der Waals surface area contributed by atoms with Crippen LogP contribution < -0.4 is 5.32 Å². The number of rotatable bonds is 6. The summed E-state index contributed by atoms with van der Waals surface area (Å²) in [5, 5.41) is 6.56. The van der Waals surface area contributed by atoms with Gasteiger partial charge in [0.15, 0.2) is 5.82 Å². The molecular formula is C12H19N3O4. The Morgan fingerprint density at radius 2 is 2.42 bits per heavy atom. The lowest BCUT2D eigenvalue weighted by atomic mass is 10.0. The van der Waals surface area contributed by atoms with Gasteiger partial charge in [0.05, 0.1) is 13.2 Å². The van der Waals surface area contributed by atoms with Crippen molar-refractivity contribution in [2.24, 2.45) is 0 Å². The average Bonchev–Trinajstić information content (AvgIpc) is 3.03. The van der Waals surface area contributed by atoms with Gasteiger partial charge in [-0.05, 0) is 19.8 Å². The molecule has 2 rings (SSSR count). The summed E-state index contributed by atoms with van der Waals surface area (Å²) in [6.07, 6.45) is 2.24. The summed E-state index contributed by atoms with van der Waals surface area (Å²) >= 11 is 0. The van der Waals surface area contributed by atoms with Crippen LogP contribution in [0.5, 0.6) is 0 Å². The number of hydrogen-bond acceptors (Lipinski definition) is 6. The third-order valence-corrected chi connectivity index (χ3v) is 3.14. The second kappa shape index (κ2) is 6.12. The molecule has 2 heterocycles. The topological polar surface area (TPSA) is 86.5 Å². The minimum atomic E-state index is -0.723. The van der Waals surface area contributed by atoms with E-state index in [1.807, 2.05) is 0 Å². The number of hydrogen-bond donors (Lipinski definition) is 1. The first-order valence-electron chi connectivity index (χ1n) is 6.37. The van der Waals surface area contributed by atoms with Crippen molar-refractivity contribution in [3.05, 3.63) is 11.7 Å². The lowest BCUT2D eigenvalue weighted by Gasteiger charge is -2.21. The normalized spacial score (nSPS) is 22.6. The van der Waals surface area contributed by atoms with Crippen LogP contribution in [-0.2, 0) is 27.2 Å². The van der Waals surface area contributed by atoms with Gasteiger partial charge in [0.2, 0.25) is 5.89 Å². The Bertz CT molecular complexity index is 426. The molecule has 1 aromatic rings. The van der Waals surface area contributed by atoms with Crippen molar-refractivity contribution >= 4 is 5.91 Å². The summed E-state index contributed by atoms with van der Waals surface area (Å²) in [4.78, 5) is 16.1. The van der Waals surface area contributed by atoms with Crippen LogP contribution in [0.2, 0.25) is 0 Å². The van der Waals surface area contributed by atoms with E-state index in [0.717, 1.165) is 12.8 Å². The van der Waals surface area contributed by atoms with E-state index in [2.05, 4.69) is 15.5 Å². The van der Waals surface area contributed by atoms with Crippen LogP contribution in [0.15, 0.2) is 4.52 Å². The fraction of sp³-hybridized carbons (Fsp3) is 0.750. The molecule has 1 aromatic heterocycles. The van der Waals surface area contributed by atoms with Crippen LogP contribution >= 0.6 is 0 Å². The van der Waals surface area contributed by atoms with E-state index in [4.69, 9.17) is 14.0 Å². The molecule has 1 aliphatic rings. The first-order chi connectivity index (χ1) is 9.14. The van der Waals surface area contributed by atoms with Crippen LogP contribution in [0.1, 0.15) is 31.5 Å². The number of carbonyl (C=O) groups is 1. The van der Waals surface area contributed by atoms with E-state index in [9.17, 15) is 4.79 Å².